The maximum absolute atomic E-state index is 12.6. The van der Waals surface area contributed by atoms with Gasteiger partial charge in [0.15, 0.2) is 0 Å². The van der Waals surface area contributed by atoms with Gasteiger partial charge in [-0.2, -0.15) is 0 Å². The Labute approximate surface area is 270 Å². The summed E-state index contributed by atoms with van der Waals surface area (Å²) in [5, 5.41) is 51.2. The van der Waals surface area contributed by atoms with Crippen LogP contribution >= 0.6 is 0 Å². The summed E-state index contributed by atoms with van der Waals surface area (Å²) in [6, 6.07) is 0. The molecule has 3 aliphatic carbocycles. The van der Waals surface area contributed by atoms with E-state index in [9.17, 15) is 25.2 Å². The zero-order valence-corrected chi connectivity index (χ0v) is 27.9. The molecule has 45 heavy (non-hydrogen) atoms. The van der Waals surface area contributed by atoms with E-state index in [0.29, 0.717) is 44.2 Å². The first-order valence-corrected chi connectivity index (χ1v) is 16.7. The van der Waals surface area contributed by atoms with Crippen LogP contribution in [0.1, 0.15) is 65.7 Å². The lowest BCUT2D eigenvalue weighted by molar-refractivity contribution is -0.194. The number of allylic oxidation sites excluding steroid dienone is 9. The van der Waals surface area contributed by atoms with Gasteiger partial charge in [0.25, 0.3) is 0 Å². The maximum atomic E-state index is 12.6. The molecule has 2 bridgehead atoms. The van der Waals surface area contributed by atoms with Gasteiger partial charge in [0.1, 0.15) is 13.1 Å². The second kappa shape index (κ2) is 17.7. The SMILES string of the molecule is C=C(C=CC=C(COCO)C1CCC2(C1O)C1C(=C(C)C=O)C(C=CC1CCO)CC2(O)CCNC)CCC=C(C)CNCC. The number of rotatable bonds is 18. The summed E-state index contributed by atoms with van der Waals surface area (Å²) in [6.07, 6.45) is 16.6. The Hall–Kier alpha value is -2.17. The number of hydrogen-bond acceptors (Lipinski definition) is 8. The van der Waals surface area contributed by atoms with E-state index in [1.165, 1.54) is 5.57 Å². The van der Waals surface area contributed by atoms with Crippen molar-refractivity contribution < 1.29 is 30.0 Å². The molecule has 8 heteroatoms. The standard InChI is InChI=1S/C37H58N2O6/c1-6-39-22-27(3)11-7-9-26(2)10-8-12-31(24-45-25-42)32-15-17-37(35(32)43)34-29(16-20-40)13-14-30(33(34)28(4)23-41)21-36(37,44)18-19-38-5/h8,10-14,23,29-30,32,34-35,38-40,42-44H,2,6-7,9,15-22,24-25H2,1,3-5H3. The molecule has 7 unspecified atom stereocenters. The van der Waals surface area contributed by atoms with Crippen LogP contribution in [0, 0.1) is 29.1 Å². The molecule has 3 rings (SSSR count). The number of aliphatic hydroxyl groups excluding tert-OH is 3. The number of hydrogen-bond donors (Lipinski definition) is 6. The third-order valence-electron chi connectivity index (χ3n) is 10.5. The van der Waals surface area contributed by atoms with Gasteiger partial charge in [-0.15, -0.1) is 0 Å². The molecule has 2 saturated carbocycles. The van der Waals surface area contributed by atoms with Crippen LogP contribution in [0.3, 0.4) is 0 Å². The van der Waals surface area contributed by atoms with Crippen LogP contribution < -0.4 is 10.6 Å². The van der Waals surface area contributed by atoms with Crippen LogP contribution in [0.4, 0.5) is 0 Å². The van der Waals surface area contributed by atoms with E-state index in [2.05, 4.69) is 49.3 Å². The van der Waals surface area contributed by atoms with Gasteiger partial charge in [0.2, 0.25) is 0 Å². The van der Waals surface area contributed by atoms with Crippen molar-refractivity contribution in [2.24, 2.45) is 29.1 Å². The van der Waals surface area contributed by atoms with Crippen molar-refractivity contribution in [2.75, 3.05) is 46.7 Å². The zero-order valence-electron chi connectivity index (χ0n) is 27.9. The summed E-state index contributed by atoms with van der Waals surface area (Å²) >= 11 is 0. The Morgan fingerprint density at radius 1 is 1.24 bits per heavy atom. The lowest BCUT2D eigenvalue weighted by Crippen LogP contribution is -2.65. The van der Waals surface area contributed by atoms with E-state index in [1.807, 2.05) is 32.2 Å². The van der Waals surface area contributed by atoms with Crippen molar-refractivity contribution in [3.05, 3.63) is 70.9 Å². The Balaban J connectivity index is 1.98. The number of carbonyl (C=O) groups is 1. The van der Waals surface area contributed by atoms with Gasteiger partial charge < -0.3 is 35.8 Å². The van der Waals surface area contributed by atoms with Crippen molar-refractivity contribution in [1.82, 2.24) is 10.6 Å². The molecule has 8 nitrogen and oxygen atoms in total. The molecule has 7 atom stereocenters. The molecule has 0 aliphatic heterocycles. The van der Waals surface area contributed by atoms with Crippen LogP contribution in [0.15, 0.2) is 70.9 Å². The minimum Gasteiger partial charge on any atom is -0.396 e. The largest absolute Gasteiger partial charge is 0.396 e. The second-order valence-corrected chi connectivity index (χ2v) is 13.2. The fraction of sp³-hybridized carbons (Fsp3) is 0.649. The Morgan fingerprint density at radius 3 is 2.69 bits per heavy atom. The molecular weight excluding hydrogens is 568 g/mol. The normalized spacial score (nSPS) is 32.9. The first-order valence-electron chi connectivity index (χ1n) is 16.7. The van der Waals surface area contributed by atoms with E-state index in [1.54, 1.807) is 0 Å². The predicted octanol–water partition coefficient (Wildman–Crippen LogP) is 4.15. The van der Waals surface area contributed by atoms with Gasteiger partial charge in [-0.05, 0) is 102 Å². The van der Waals surface area contributed by atoms with Gasteiger partial charge in [0, 0.05) is 30.4 Å². The van der Waals surface area contributed by atoms with Crippen molar-refractivity contribution >= 4 is 6.29 Å². The van der Waals surface area contributed by atoms with Crippen molar-refractivity contribution in [2.45, 2.75) is 77.4 Å². The number of aldehydes is 1. The summed E-state index contributed by atoms with van der Waals surface area (Å²) in [7, 11) is 1.86. The highest BCUT2D eigenvalue weighted by Gasteiger charge is 2.68. The molecule has 0 saturated heterocycles. The van der Waals surface area contributed by atoms with Crippen molar-refractivity contribution in [3.8, 4) is 0 Å². The molecule has 3 aliphatic rings. The number of carbonyl (C=O) groups excluding carboxylic acids is 1. The summed E-state index contributed by atoms with van der Waals surface area (Å²) in [6.45, 7) is 12.4. The minimum atomic E-state index is -1.20. The number of aliphatic hydroxyl groups is 4. The summed E-state index contributed by atoms with van der Waals surface area (Å²) in [5.41, 5.74) is 2.65. The van der Waals surface area contributed by atoms with Gasteiger partial charge in [-0.3, -0.25) is 4.79 Å². The van der Waals surface area contributed by atoms with E-state index in [0.717, 1.165) is 48.9 Å². The predicted molar refractivity (Wildman–Crippen MR) is 180 cm³/mol. The fourth-order valence-electron chi connectivity index (χ4n) is 8.34. The molecule has 1 spiro atoms. The first kappa shape index (κ1) is 37.3. The van der Waals surface area contributed by atoms with Crippen LogP contribution in [0.25, 0.3) is 0 Å². The minimum absolute atomic E-state index is 0.0245. The van der Waals surface area contributed by atoms with E-state index in [4.69, 9.17) is 4.74 Å². The lowest BCUT2D eigenvalue weighted by Gasteiger charge is -2.61. The summed E-state index contributed by atoms with van der Waals surface area (Å²) < 4.78 is 5.48. The number of likely N-dealkylation sites (N-methyl/N-ethyl adjacent to an activating group) is 1. The van der Waals surface area contributed by atoms with Crippen molar-refractivity contribution in [1.29, 1.82) is 0 Å². The second-order valence-electron chi connectivity index (χ2n) is 13.2. The molecule has 0 aromatic carbocycles. The molecule has 0 aromatic heterocycles. The number of nitrogens with one attached hydrogen (secondary N) is 2. The van der Waals surface area contributed by atoms with Gasteiger partial charge >= 0.3 is 0 Å². The summed E-state index contributed by atoms with van der Waals surface area (Å²) in [4.78, 5) is 12.2. The van der Waals surface area contributed by atoms with Crippen LogP contribution in [-0.2, 0) is 9.53 Å². The third-order valence-corrected chi connectivity index (χ3v) is 10.5. The van der Waals surface area contributed by atoms with Crippen molar-refractivity contribution in [3.63, 3.8) is 0 Å². The molecular formula is C37H58N2O6. The smallest absolute Gasteiger partial charge is 0.145 e. The van der Waals surface area contributed by atoms with Gasteiger partial charge in [0.05, 0.1) is 18.3 Å². The fourth-order valence-corrected chi connectivity index (χ4v) is 8.34. The lowest BCUT2D eigenvalue weighted by atomic mass is 9.45. The monoisotopic (exact) mass is 626 g/mol. The number of fused-ring (bicyclic) bond motifs is 3. The molecule has 0 heterocycles. The molecule has 6 N–H and O–H groups in total. The highest BCUT2D eigenvalue weighted by Crippen LogP contribution is 2.67. The number of ether oxygens (including phenoxy) is 1. The highest BCUT2D eigenvalue weighted by molar-refractivity contribution is 5.74. The van der Waals surface area contributed by atoms with Crippen LogP contribution in [0.2, 0.25) is 0 Å². The molecule has 252 valence electrons. The molecule has 0 amide bonds. The van der Waals surface area contributed by atoms with Crippen LogP contribution in [-0.4, -0.2) is 85.1 Å². The summed E-state index contributed by atoms with van der Waals surface area (Å²) in [5.74, 6) is -0.829. The average Bonchev–Trinajstić information content (AvgIpc) is 3.37. The van der Waals surface area contributed by atoms with E-state index < -0.39 is 23.9 Å². The molecule has 2 fully saturated rings. The maximum Gasteiger partial charge on any atom is 0.145 e. The van der Waals surface area contributed by atoms with E-state index in [-0.39, 0.29) is 36.9 Å². The average molecular weight is 627 g/mol. The third kappa shape index (κ3) is 8.41. The van der Waals surface area contributed by atoms with Gasteiger partial charge in [-0.25, -0.2) is 0 Å². The Kier molecular flexibility index (Phi) is 14.6. The molecule has 0 aromatic rings. The Morgan fingerprint density at radius 2 is 2.02 bits per heavy atom. The highest BCUT2D eigenvalue weighted by atomic mass is 16.6. The topological polar surface area (TPSA) is 131 Å². The van der Waals surface area contributed by atoms with Gasteiger partial charge in [-0.1, -0.05) is 66.7 Å². The first-order chi connectivity index (χ1) is 21.6. The Bertz CT molecular complexity index is 1160. The zero-order chi connectivity index (χ0) is 33.0. The van der Waals surface area contributed by atoms with Crippen LogP contribution in [0.5, 0.6) is 0 Å². The quantitative estimate of drug-likeness (QED) is 0.0440. The van der Waals surface area contributed by atoms with E-state index >= 15 is 0 Å². The molecule has 0 radical (unpaired) electrons.